The van der Waals surface area contributed by atoms with Gasteiger partial charge in [0.2, 0.25) is 11.8 Å². The van der Waals surface area contributed by atoms with Crippen LogP contribution in [-0.4, -0.2) is 325 Å². The smallest absolute Gasteiger partial charge is 0.272 e. The molecule has 1 aromatic heterocycles. The summed E-state index contributed by atoms with van der Waals surface area (Å²) in [5.41, 5.74) is 6.15. The first-order valence-electron chi connectivity index (χ1n) is 49.0. The van der Waals surface area contributed by atoms with Crippen LogP contribution in [0.3, 0.4) is 0 Å². The molecule has 0 saturated carbocycles. The van der Waals surface area contributed by atoms with E-state index >= 15 is 9.59 Å². The van der Waals surface area contributed by atoms with Gasteiger partial charge < -0.3 is 135 Å². The molecule has 5 aliphatic rings. The number of pyridine rings is 1. The molecule has 16 N–H and O–H groups in total. The lowest BCUT2D eigenvalue weighted by atomic mass is 9.70. The first-order chi connectivity index (χ1) is 62.9. The number of nitrogens with zero attached hydrogens (tertiary/aromatic N) is 4. The Kier molecular flexibility index (Phi) is 49.1. The molecule has 0 radical (unpaired) electrons. The second-order valence-corrected chi connectivity index (χ2v) is 36.0. The van der Waals surface area contributed by atoms with Gasteiger partial charge in [-0.1, -0.05) is 245 Å². The van der Waals surface area contributed by atoms with Crippen molar-refractivity contribution in [1.29, 1.82) is 0 Å². The van der Waals surface area contributed by atoms with E-state index in [9.17, 15) is 81.1 Å². The number of carbonyl (C=O) groups excluding carboxylic acids is 4. The molecule has 130 heavy (non-hydrogen) atoms. The Bertz CT molecular complexity index is 3630. The normalized spacial score (nSPS) is 26.4. The summed E-state index contributed by atoms with van der Waals surface area (Å²) in [5.74, 6) is 5.31. The fourth-order valence-electron chi connectivity index (χ4n) is 18.2. The van der Waals surface area contributed by atoms with Gasteiger partial charge in [0.1, 0.15) is 122 Å². The van der Waals surface area contributed by atoms with Crippen LogP contribution in [0.5, 0.6) is 0 Å². The molecule has 3 aromatic rings. The SMILES string of the molecule is CCCCCCCCN(CCCCCCCC)C(=O)c1cc(C#Cc2ccc3c(c2)C(CCCCCC)(CCCCCC)c2cc(N(CCNC(=O)CO[C@H]4O[C@H](CO)[C@@H](O[C@@H]5O[C@H](CO)[C@H](O)[C@H](O)[C@H]5O)[C@H](O)[C@H]4O)CCNC(=O)CO[C@H]4O[C@H](CO)[C@@H](O[C@@H]5O[C@H](CO)[C@H](O)[C@H](O)[C@H]5O)[C@H](O)[C@H]4O)ccc2-3)cc(C(=O)N(CCCCCCCC)CCCCCCCC)n1. The molecule has 32 heteroatoms. The summed E-state index contributed by atoms with van der Waals surface area (Å²) in [5, 5.41) is 154. The molecule has 4 fully saturated rings. The van der Waals surface area contributed by atoms with Crippen molar-refractivity contribution in [3.8, 4) is 23.0 Å². The van der Waals surface area contributed by atoms with Crippen LogP contribution >= 0.6 is 0 Å². The number of aliphatic hydroxyl groups is 14. The zero-order chi connectivity index (χ0) is 94.1. The minimum Gasteiger partial charge on any atom is -0.394 e. The largest absolute Gasteiger partial charge is 0.394 e. The van der Waals surface area contributed by atoms with Crippen molar-refractivity contribution in [1.82, 2.24) is 25.4 Å². The third kappa shape index (κ3) is 31.8. The summed E-state index contributed by atoms with van der Waals surface area (Å²) >= 11 is 0. The van der Waals surface area contributed by atoms with Crippen LogP contribution in [0.2, 0.25) is 0 Å². The topological polar surface area (TPSA) is 472 Å². The molecular weight excluding hydrogens is 1680 g/mol. The van der Waals surface area contributed by atoms with Crippen molar-refractivity contribution in [2.24, 2.45) is 0 Å². The lowest BCUT2D eigenvalue weighted by Crippen LogP contribution is -2.64. The van der Waals surface area contributed by atoms with Crippen LogP contribution in [0.15, 0.2) is 48.5 Å². The number of hydrogen-bond donors (Lipinski definition) is 16. The minimum absolute atomic E-state index is 0.0365. The van der Waals surface area contributed by atoms with E-state index in [2.05, 4.69) is 88.3 Å². The number of amides is 4. The minimum atomic E-state index is -1.92. The van der Waals surface area contributed by atoms with Crippen molar-refractivity contribution in [3.05, 3.63) is 82.2 Å². The summed E-state index contributed by atoms with van der Waals surface area (Å²) in [6.07, 6.45) is 0.761. The fraction of sp³-hybridized carbons (Fsp3) is 0.765. The van der Waals surface area contributed by atoms with E-state index in [1.807, 2.05) is 26.8 Å². The Morgan fingerprint density at radius 2 is 0.700 bits per heavy atom. The molecule has 32 nitrogen and oxygen atoms in total. The zero-order valence-electron chi connectivity index (χ0n) is 78.1. The van der Waals surface area contributed by atoms with Crippen molar-refractivity contribution >= 4 is 29.3 Å². The Morgan fingerprint density at radius 3 is 1.08 bits per heavy atom. The maximum atomic E-state index is 15.4. The van der Waals surface area contributed by atoms with Gasteiger partial charge in [0.05, 0.1) is 26.4 Å². The Morgan fingerprint density at radius 1 is 0.369 bits per heavy atom. The molecule has 736 valence electrons. The molecule has 4 aliphatic heterocycles. The predicted molar refractivity (Wildman–Crippen MR) is 489 cm³/mol. The number of unbranched alkanes of at least 4 members (excludes halogenated alkanes) is 26. The Labute approximate surface area is 769 Å². The summed E-state index contributed by atoms with van der Waals surface area (Å²) in [6.45, 7) is 11.0. The highest BCUT2D eigenvalue weighted by Crippen LogP contribution is 2.55. The molecule has 0 unspecified atom stereocenters. The van der Waals surface area contributed by atoms with Crippen LogP contribution in [0.25, 0.3) is 11.1 Å². The van der Waals surface area contributed by atoms with Crippen molar-refractivity contribution in [2.45, 2.75) is 388 Å². The number of anilines is 1. The van der Waals surface area contributed by atoms with Crippen molar-refractivity contribution in [3.63, 3.8) is 0 Å². The lowest BCUT2D eigenvalue weighted by Gasteiger charge is -2.45. The third-order valence-electron chi connectivity index (χ3n) is 26.0. The number of nitrogens with one attached hydrogen (secondary N) is 2. The Hall–Kier alpha value is -6.05. The van der Waals surface area contributed by atoms with E-state index in [0.29, 0.717) is 31.7 Å². The number of ether oxygens (including phenoxy) is 8. The number of fused-ring (bicyclic) bond motifs is 3. The van der Waals surface area contributed by atoms with Gasteiger partial charge in [0.25, 0.3) is 11.8 Å². The van der Waals surface area contributed by atoms with Crippen LogP contribution in [0.4, 0.5) is 5.69 Å². The molecule has 8 rings (SSSR count). The maximum absolute atomic E-state index is 15.4. The Balaban J connectivity index is 1.11. The summed E-state index contributed by atoms with van der Waals surface area (Å²) in [7, 11) is 0. The van der Waals surface area contributed by atoms with Gasteiger partial charge in [-0.3, -0.25) is 19.2 Å². The second kappa shape index (κ2) is 58.4. The van der Waals surface area contributed by atoms with E-state index in [1.165, 1.54) is 25.7 Å². The molecule has 1 aliphatic carbocycles. The highest BCUT2D eigenvalue weighted by Gasteiger charge is 2.54. The molecule has 2 aromatic carbocycles. The van der Waals surface area contributed by atoms with E-state index in [4.69, 9.17) is 42.9 Å². The van der Waals surface area contributed by atoms with E-state index < -0.39 is 180 Å². The van der Waals surface area contributed by atoms with E-state index in [0.717, 1.165) is 226 Å². The standard InChI is InChI=1S/C98H158N6O26/c1-7-13-19-25-29-35-49-103(50-36-30-26-20-14-8-2)92(121)72-56-66(57-73(101-72)93(122)104(51-37-31-27-21-15-9-3)52-38-32-28-22-16-10-4)40-39-65-41-43-68-69-44-42-67(58-71(69)98(70(68)55-65,45-33-23-17-11-5)46-34-24-18-12-6)102(53-47-99-78(109)63-123-94-88(119)84(115)90(76(61-107)127-94)129-96-86(117)82(113)80(111)74(59-105)125-96)54-48-100-79(110)64-124-95-89(120)85(116)91(77(62-108)128-95)130-97-87(118)83(114)81(112)75(60-106)126-97/h41-44,55-58,74-77,80-91,94-97,105-108,111-120H,7-38,45-54,59-64H2,1-6H3,(H,99,109)(H,100,110)/t74-,75-,76-,77-,80+,81+,82+,83+,84-,85-,86-,87-,88-,89-,90-,91-,94+,95+,96+,97+/m1/s1. The molecule has 5 heterocycles. The van der Waals surface area contributed by atoms with Gasteiger partial charge >= 0.3 is 0 Å². The summed E-state index contributed by atoms with van der Waals surface area (Å²) in [6, 6.07) is 16.2. The fourth-order valence-corrected chi connectivity index (χ4v) is 18.2. The average molecular weight is 1840 g/mol. The second-order valence-electron chi connectivity index (χ2n) is 36.0. The lowest BCUT2D eigenvalue weighted by molar-refractivity contribution is -0.358. The molecule has 4 amide bonds. The van der Waals surface area contributed by atoms with Gasteiger partial charge in [0.15, 0.2) is 25.2 Å². The number of benzene rings is 2. The van der Waals surface area contributed by atoms with Crippen LogP contribution in [0.1, 0.15) is 303 Å². The van der Waals surface area contributed by atoms with Gasteiger partial charge in [-0.2, -0.15) is 0 Å². The average Bonchev–Trinajstić information content (AvgIpc) is 1.56. The van der Waals surface area contributed by atoms with Crippen LogP contribution in [0, 0.1) is 11.8 Å². The van der Waals surface area contributed by atoms with Crippen molar-refractivity contribution < 1.29 is 129 Å². The summed E-state index contributed by atoms with van der Waals surface area (Å²) in [4.78, 5) is 69.5. The highest BCUT2D eigenvalue weighted by molar-refractivity contribution is 5.97. The molecule has 4 saturated heterocycles. The number of aliphatic hydroxyl groups excluding tert-OH is 14. The predicted octanol–water partition coefficient (Wildman–Crippen LogP) is 7.34. The third-order valence-corrected chi connectivity index (χ3v) is 26.0. The highest BCUT2D eigenvalue weighted by atomic mass is 16.8. The van der Waals surface area contributed by atoms with Gasteiger partial charge in [-0.05, 0) is 97.2 Å². The quantitative estimate of drug-likeness (QED) is 0.0194. The van der Waals surface area contributed by atoms with Gasteiger partial charge in [-0.15, -0.1) is 0 Å². The van der Waals surface area contributed by atoms with E-state index in [1.54, 1.807) is 12.1 Å². The maximum Gasteiger partial charge on any atom is 0.272 e. The summed E-state index contributed by atoms with van der Waals surface area (Å²) < 4.78 is 45.4. The van der Waals surface area contributed by atoms with Crippen LogP contribution in [-0.2, 0) is 52.9 Å². The number of carbonyl (C=O) groups is 4. The van der Waals surface area contributed by atoms with Crippen molar-refractivity contribution in [2.75, 3.05) is 96.9 Å². The number of aromatic nitrogens is 1. The molecule has 20 atom stereocenters. The molecule has 0 bridgehead atoms. The monoisotopic (exact) mass is 1840 g/mol. The number of hydrogen-bond acceptors (Lipinski definition) is 28. The molecular formula is C98H158N6O26. The number of rotatable bonds is 61. The van der Waals surface area contributed by atoms with Crippen LogP contribution < -0.4 is 15.5 Å². The molecule has 0 spiro atoms. The first-order valence-corrected chi connectivity index (χ1v) is 49.0. The zero-order valence-corrected chi connectivity index (χ0v) is 78.1. The van der Waals surface area contributed by atoms with Gasteiger partial charge in [0, 0.05) is 74.6 Å². The first kappa shape index (κ1) is 109. The van der Waals surface area contributed by atoms with Gasteiger partial charge in [-0.25, -0.2) is 4.98 Å². The van der Waals surface area contributed by atoms with E-state index in [-0.39, 0.29) is 49.4 Å².